The molecule has 0 amide bonds. The Labute approximate surface area is 106 Å². The first-order valence-corrected chi connectivity index (χ1v) is 6.27. The Bertz CT molecular complexity index is 558. The van der Waals surface area contributed by atoms with Crippen LogP contribution in [0, 0.1) is 13.0 Å². The van der Waals surface area contributed by atoms with Crippen molar-refractivity contribution in [2.45, 2.75) is 32.1 Å². The van der Waals surface area contributed by atoms with Crippen molar-refractivity contribution in [1.82, 2.24) is 15.2 Å². The van der Waals surface area contributed by atoms with Gasteiger partial charge in [0.05, 0.1) is 7.11 Å². The average molecular weight is 242 g/mol. The Morgan fingerprint density at radius 2 is 2.22 bits per heavy atom. The fourth-order valence-electron chi connectivity index (χ4n) is 2.34. The van der Waals surface area contributed by atoms with Crippen molar-refractivity contribution >= 4 is 0 Å². The normalized spacial score (nSPS) is 15.4. The number of nitrogens with one attached hydrogen (secondary N) is 1. The van der Waals surface area contributed by atoms with Gasteiger partial charge in [-0.2, -0.15) is 0 Å². The first kappa shape index (κ1) is 11.3. The summed E-state index contributed by atoms with van der Waals surface area (Å²) < 4.78 is 5.04. The lowest BCUT2D eigenvalue weighted by Gasteiger charge is -2.27. The van der Waals surface area contributed by atoms with Gasteiger partial charge < -0.3 is 4.74 Å². The molecule has 0 atom stereocenters. The van der Waals surface area contributed by atoms with E-state index < -0.39 is 0 Å². The van der Waals surface area contributed by atoms with Gasteiger partial charge in [-0.15, -0.1) is 5.10 Å². The van der Waals surface area contributed by atoms with E-state index in [1.54, 1.807) is 7.11 Å². The Kier molecular flexibility index (Phi) is 2.78. The van der Waals surface area contributed by atoms with Crippen LogP contribution < -0.4 is 4.74 Å². The highest BCUT2D eigenvalue weighted by molar-refractivity contribution is 5.62. The second-order valence-corrected chi connectivity index (χ2v) is 4.80. The third-order valence-corrected chi connectivity index (χ3v) is 3.59. The molecule has 1 aromatic heterocycles. The molecule has 4 nitrogen and oxygen atoms in total. The van der Waals surface area contributed by atoms with Crippen LogP contribution in [-0.4, -0.2) is 22.3 Å². The number of ether oxygens (including phenoxy) is 1. The molecule has 0 bridgehead atoms. The fourth-order valence-corrected chi connectivity index (χ4v) is 2.34. The Balaban J connectivity index is 2.04. The minimum atomic E-state index is 0.449. The number of hydrogen-bond acceptors (Lipinski definition) is 3. The molecule has 3 rings (SSSR count). The zero-order valence-electron chi connectivity index (χ0n) is 10.7. The molecule has 18 heavy (non-hydrogen) atoms. The third-order valence-electron chi connectivity index (χ3n) is 3.59. The summed E-state index contributed by atoms with van der Waals surface area (Å²) in [5.74, 6) is 1.43. The average Bonchev–Trinajstić information content (AvgIpc) is 2.75. The van der Waals surface area contributed by atoms with Crippen molar-refractivity contribution in [1.29, 1.82) is 0 Å². The summed E-state index contributed by atoms with van der Waals surface area (Å²) in [4.78, 5) is 3.08. The van der Waals surface area contributed by atoms with E-state index in [1.807, 2.05) is 6.07 Å². The number of hydrogen-bond donors (Lipinski definition) is 1. The largest absolute Gasteiger partial charge is 0.467 e. The molecule has 0 spiro atoms. The van der Waals surface area contributed by atoms with E-state index in [1.165, 1.54) is 30.4 Å². The van der Waals surface area contributed by atoms with Crippen molar-refractivity contribution in [3.8, 4) is 17.4 Å². The van der Waals surface area contributed by atoms with E-state index in [-0.39, 0.29) is 0 Å². The van der Waals surface area contributed by atoms with Crippen LogP contribution in [-0.2, 0) is 0 Å². The van der Waals surface area contributed by atoms with Crippen molar-refractivity contribution in [3.05, 3.63) is 29.3 Å². The Morgan fingerprint density at radius 1 is 1.39 bits per heavy atom. The van der Waals surface area contributed by atoms with Crippen LogP contribution in [0.25, 0.3) is 11.4 Å². The maximum Gasteiger partial charge on any atom is 0.314 e. The van der Waals surface area contributed by atoms with Crippen molar-refractivity contribution in [2.75, 3.05) is 7.11 Å². The first-order chi connectivity index (χ1) is 8.78. The second-order valence-electron chi connectivity index (χ2n) is 4.80. The lowest BCUT2D eigenvalue weighted by atomic mass is 9.77. The van der Waals surface area contributed by atoms with E-state index >= 15 is 0 Å². The van der Waals surface area contributed by atoms with Crippen LogP contribution in [0.3, 0.4) is 0 Å². The predicted molar refractivity (Wildman–Crippen MR) is 68.5 cm³/mol. The molecule has 1 aliphatic carbocycles. The molecule has 1 N–H and O–H groups in total. The maximum absolute atomic E-state index is 5.04. The molecule has 1 aromatic carbocycles. The van der Waals surface area contributed by atoms with E-state index in [9.17, 15) is 0 Å². The van der Waals surface area contributed by atoms with Gasteiger partial charge in [0.1, 0.15) is 0 Å². The van der Waals surface area contributed by atoms with Gasteiger partial charge in [-0.25, -0.2) is 0 Å². The molecule has 1 aliphatic rings. The fraction of sp³-hybridized carbons (Fsp3) is 0.429. The van der Waals surface area contributed by atoms with Crippen LogP contribution in [0.1, 0.15) is 36.3 Å². The minimum absolute atomic E-state index is 0.449. The molecule has 0 saturated heterocycles. The summed E-state index contributed by atoms with van der Waals surface area (Å²) in [5.41, 5.74) is 3.63. The number of benzene rings is 1. The summed E-state index contributed by atoms with van der Waals surface area (Å²) in [6, 6.07) is 7.91. The Morgan fingerprint density at radius 3 is 2.83 bits per heavy atom. The number of methoxy groups -OCH3 is 1. The lowest BCUT2D eigenvalue weighted by Crippen LogP contribution is -2.10. The number of aryl methyl sites for hydroxylation is 1. The highest BCUT2D eigenvalue weighted by atomic mass is 16.5. The highest BCUT2D eigenvalue weighted by Gasteiger charge is 2.24. The van der Waals surface area contributed by atoms with E-state index in [2.05, 4.69) is 34.2 Å². The summed E-state index contributed by atoms with van der Waals surface area (Å²) in [7, 11) is 1.58. The van der Waals surface area contributed by atoms with Crippen molar-refractivity contribution in [2.24, 2.45) is 0 Å². The zero-order chi connectivity index (χ0) is 12.5. The smallest absolute Gasteiger partial charge is 0.314 e. The number of H-pyrrole nitrogens is 1. The van der Waals surface area contributed by atoms with Crippen molar-refractivity contribution in [3.63, 3.8) is 0 Å². The van der Waals surface area contributed by atoms with Crippen LogP contribution in [0.15, 0.2) is 12.1 Å². The van der Waals surface area contributed by atoms with E-state index in [4.69, 9.17) is 4.74 Å². The SMILES string of the molecule is COc1nnc(-c2c[c]c(C)cc2C2CCC2)[nH]1. The molecule has 0 aliphatic heterocycles. The monoisotopic (exact) mass is 242 g/mol. The summed E-state index contributed by atoms with van der Waals surface area (Å²) in [6.45, 7) is 2.08. The molecular formula is C14H16N3O. The van der Waals surface area contributed by atoms with E-state index in [0.29, 0.717) is 11.9 Å². The lowest BCUT2D eigenvalue weighted by molar-refractivity contribution is 0.382. The van der Waals surface area contributed by atoms with Crippen LogP contribution in [0.5, 0.6) is 6.01 Å². The quantitative estimate of drug-likeness (QED) is 0.900. The van der Waals surface area contributed by atoms with Gasteiger partial charge in [0, 0.05) is 5.56 Å². The molecule has 4 heteroatoms. The standard InChI is InChI=1S/C14H16N3O/c1-9-6-7-11(12(8-9)10-4-3-5-10)13-15-14(18-2)17-16-13/h7-8,10H,3-5H2,1-2H3,(H,15,16,17). The highest BCUT2D eigenvalue weighted by Crippen LogP contribution is 2.40. The van der Waals surface area contributed by atoms with Crippen LogP contribution in [0.2, 0.25) is 0 Å². The van der Waals surface area contributed by atoms with Crippen LogP contribution >= 0.6 is 0 Å². The Hall–Kier alpha value is -1.84. The summed E-state index contributed by atoms with van der Waals surface area (Å²) >= 11 is 0. The molecule has 0 unspecified atom stereocenters. The summed E-state index contributed by atoms with van der Waals surface area (Å²) in [6.07, 6.45) is 3.85. The molecular weight excluding hydrogens is 226 g/mol. The predicted octanol–water partition coefficient (Wildman–Crippen LogP) is 2.86. The number of nitrogens with zero attached hydrogens (tertiary/aromatic N) is 2. The number of aromatic nitrogens is 3. The topological polar surface area (TPSA) is 50.8 Å². The maximum atomic E-state index is 5.04. The third kappa shape index (κ3) is 1.88. The van der Waals surface area contributed by atoms with Crippen molar-refractivity contribution < 1.29 is 4.74 Å². The molecule has 93 valence electrons. The summed E-state index contributed by atoms with van der Waals surface area (Å²) in [5, 5.41) is 8.07. The van der Waals surface area contributed by atoms with Gasteiger partial charge in [0.15, 0.2) is 5.82 Å². The van der Waals surface area contributed by atoms with Crippen LogP contribution in [0.4, 0.5) is 0 Å². The molecule has 1 saturated carbocycles. The molecule has 1 fully saturated rings. The van der Waals surface area contributed by atoms with Gasteiger partial charge in [-0.3, -0.25) is 4.98 Å². The molecule has 2 aromatic rings. The molecule has 1 heterocycles. The molecule has 1 radical (unpaired) electrons. The zero-order valence-corrected chi connectivity index (χ0v) is 10.7. The van der Waals surface area contributed by atoms with Gasteiger partial charge in [0.25, 0.3) is 0 Å². The number of rotatable bonds is 3. The minimum Gasteiger partial charge on any atom is -0.467 e. The van der Waals surface area contributed by atoms with Gasteiger partial charge >= 0.3 is 6.01 Å². The van der Waals surface area contributed by atoms with Gasteiger partial charge in [0.2, 0.25) is 0 Å². The van der Waals surface area contributed by atoms with E-state index in [0.717, 1.165) is 11.4 Å². The number of aromatic amines is 1. The first-order valence-electron chi connectivity index (χ1n) is 6.27. The van der Waals surface area contributed by atoms with Gasteiger partial charge in [-0.05, 0) is 48.9 Å². The second kappa shape index (κ2) is 4.44. The van der Waals surface area contributed by atoms with Gasteiger partial charge in [-0.1, -0.05) is 17.6 Å².